The van der Waals surface area contributed by atoms with Crippen molar-refractivity contribution in [2.24, 2.45) is 0 Å². The quantitative estimate of drug-likeness (QED) is 0.788. The molecular weight excluding hydrogens is 379 g/mol. The van der Waals surface area contributed by atoms with Crippen molar-refractivity contribution in [2.75, 3.05) is 19.6 Å². The maximum atomic E-state index is 12.1. The van der Waals surface area contributed by atoms with Crippen molar-refractivity contribution < 1.29 is 9.53 Å². The number of halogens is 1. The number of benzene rings is 1. The number of morpholine rings is 1. The van der Waals surface area contributed by atoms with Crippen LogP contribution in [-0.2, 0) is 4.74 Å². The molecule has 1 aromatic rings. The second-order valence-corrected chi connectivity index (χ2v) is 7.02. The summed E-state index contributed by atoms with van der Waals surface area (Å²) in [6, 6.07) is 7.93. The highest BCUT2D eigenvalue weighted by molar-refractivity contribution is 14.1. The van der Waals surface area contributed by atoms with Crippen LogP contribution in [0.1, 0.15) is 31.1 Å². The Kier molecular flexibility index (Phi) is 6.01. The van der Waals surface area contributed by atoms with Crippen LogP contribution in [0.15, 0.2) is 24.3 Å². The highest BCUT2D eigenvalue weighted by Crippen LogP contribution is 2.13. The molecule has 1 fully saturated rings. The molecule has 21 heavy (non-hydrogen) atoms. The van der Waals surface area contributed by atoms with E-state index in [-0.39, 0.29) is 18.1 Å². The number of carbonyl (C=O) groups excluding carboxylic acids is 1. The van der Waals surface area contributed by atoms with Crippen molar-refractivity contribution in [3.8, 4) is 0 Å². The highest BCUT2D eigenvalue weighted by Gasteiger charge is 2.25. The topological polar surface area (TPSA) is 41.6 Å². The van der Waals surface area contributed by atoms with Crippen LogP contribution in [0, 0.1) is 3.57 Å². The van der Waals surface area contributed by atoms with Crippen molar-refractivity contribution in [2.45, 2.75) is 39.0 Å². The highest BCUT2D eigenvalue weighted by atomic mass is 127. The summed E-state index contributed by atoms with van der Waals surface area (Å²) in [7, 11) is 0. The molecule has 1 aliphatic heterocycles. The van der Waals surface area contributed by atoms with E-state index in [9.17, 15) is 4.79 Å². The molecule has 0 aromatic heterocycles. The summed E-state index contributed by atoms with van der Waals surface area (Å²) >= 11 is 2.23. The van der Waals surface area contributed by atoms with Crippen molar-refractivity contribution in [1.29, 1.82) is 0 Å². The summed E-state index contributed by atoms with van der Waals surface area (Å²) < 4.78 is 6.88. The zero-order chi connectivity index (χ0) is 15.4. The van der Waals surface area contributed by atoms with Gasteiger partial charge >= 0.3 is 0 Å². The Hall–Kier alpha value is -0.660. The molecule has 5 heteroatoms. The van der Waals surface area contributed by atoms with Gasteiger partial charge in [-0.1, -0.05) is 0 Å². The molecule has 0 aliphatic carbocycles. The summed E-state index contributed by atoms with van der Waals surface area (Å²) in [5, 5.41) is 3.02. The first-order valence-corrected chi connectivity index (χ1v) is 8.47. The smallest absolute Gasteiger partial charge is 0.251 e. The predicted octanol–water partition coefficient (Wildman–Crippen LogP) is 2.52. The minimum atomic E-state index is -0.00685. The molecule has 1 N–H and O–H groups in total. The van der Waals surface area contributed by atoms with Crippen molar-refractivity contribution in [3.63, 3.8) is 0 Å². The molecule has 116 valence electrons. The van der Waals surface area contributed by atoms with Crippen LogP contribution in [0.4, 0.5) is 0 Å². The summed E-state index contributed by atoms with van der Waals surface area (Å²) in [5.74, 6) is -0.00685. The fourth-order valence-corrected chi connectivity index (χ4v) is 3.01. The average Bonchev–Trinajstić information content (AvgIpc) is 2.44. The Bertz CT molecular complexity index is 468. The maximum absolute atomic E-state index is 12.1. The van der Waals surface area contributed by atoms with Crippen LogP contribution in [0.2, 0.25) is 0 Å². The summed E-state index contributed by atoms with van der Waals surface area (Å²) in [4.78, 5) is 14.5. The van der Waals surface area contributed by atoms with Crippen molar-refractivity contribution >= 4 is 28.5 Å². The first-order chi connectivity index (χ1) is 9.95. The van der Waals surface area contributed by atoms with Gasteiger partial charge in [-0.2, -0.15) is 0 Å². The largest absolute Gasteiger partial charge is 0.373 e. The molecule has 0 unspecified atom stereocenters. The number of rotatable bonds is 4. The summed E-state index contributed by atoms with van der Waals surface area (Å²) in [5.41, 5.74) is 0.714. The fourth-order valence-electron chi connectivity index (χ4n) is 2.65. The third-order valence-electron chi connectivity index (χ3n) is 3.74. The van der Waals surface area contributed by atoms with Gasteiger partial charge in [0.25, 0.3) is 5.91 Å². The molecule has 1 aromatic carbocycles. The molecule has 1 amide bonds. The fraction of sp³-hybridized carbons (Fsp3) is 0.562. The lowest BCUT2D eigenvalue weighted by atomic mass is 10.1. The Balaban J connectivity index is 1.84. The molecular formula is C16H23IN2O2. The van der Waals surface area contributed by atoms with Gasteiger partial charge in [0.05, 0.1) is 12.2 Å². The standard InChI is InChI=1S/C16H23IN2O2/c1-11(19-9-12(2)21-13(3)10-19)8-18-16(20)14-4-6-15(17)7-5-14/h4-7,11-13H,8-10H2,1-3H3,(H,18,20)/t11-,12-,13-/m1/s1. The number of hydrogen-bond donors (Lipinski definition) is 1. The van der Waals surface area contributed by atoms with E-state index in [0.29, 0.717) is 18.2 Å². The maximum Gasteiger partial charge on any atom is 0.251 e. The summed E-state index contributed by atoms with van der Waals surface area (Å²) in [6.45, 7) is 8.85. The lowest BCUT2D eigenvalue weighted by molar-refractivity contribution is -0.0778. The van der Waals surface area contributed by atoms with Gasteiger partial charge in [0.1, 0.15) is 0 Å². The van der Waals surface area contributed by atoms with Gasteiger partial charge in [-0.3, -0.25) is 9.69 Å². The molecule has 4 nitrogen and oxygen atoms in total. The lowest BCUT2D eigenvalue weighted by Gasteiger charge is -2.39. The van der Waals surface area contributed by atoms with E-state index in [1.54, 1.807) is 0 Å². The van der Waals surface area contributed by atoms with Gasteiger partial charge in [0.15, 0.2) is 0 Å². The number of nitrogens with one attached hydrogen (secondary N) is 1. The minimum Gasteiger partial charge on any atom is -0.373 e. The lowest BCUT2D eigenvalue weighted by Crippen LogP contribution is -2.52. The molecule has 3 atom stereocenters. The monoisotopic (exact) mass is 402 g/mol. The zero-order valence-corrected chi connectivity index (χ0v) is 15.0. The number of carbonyl (C=O) groups is 1. The van der Waals surface area contributed by atoms with Gasteiger partial charge in [-0.25, -0.2) is 0 Å². The van der Waals surface area contributed by atoms with Crippen LogP contribution in [0.5, 0.6) is 0 Å². The molecule has 1 saturated heterocycles. The van der Waals surface area contributed by atoms with Crippen LogP contribution >= 0.6 is 22.6 Å². The minimum absolute atomic E-state index is 0.00685. The van der Waals surface area contributed by atoms with Crippen molar-refractivity contribution in [1.82, 2.24) is 10.2 Å². The van der Waals surface area contributed by atoms with Crippen LogP contribution in [0.25, 0.3) is 0 Å². The Labute approximate surface area is 140 Å². The molecule has 1 aliphatic rings. The van der Waals surface area contributed by atoms with E-state index in [1.165, 1.54) is 0 Å². The van der Waals surface area contributed by atoms with E-state index in [2.05, 4.69) is 53.6 Å². The van der Waals surface area contributed by atoms with Gasteiger partial charge in [-0.15, -0.1) is 0 Å². The van der Waals surface area contributed by atoms with E-state index in [0.717, 1.165) is 16.7 Å². The van der Waals surface area contributed by atoms with E-state index < -0.39 is 0 Å². The second kappa shape index (κ2) is 7.56. The molecule has 0 saturated carbocycles. The Morgan fingerprint density at radius 2 is 1.90 bits per heavy atom. The van der Waals surface area contributed by atoms with Gasteiger partial charge in [0.2, 0.25) is 0 Å². The van der Waals surface area contributed by atoms with Gasteiger partial charge < -0.3 is 10.1 Å². The third-order valence-corrected chi connectivity index (χ3v) is 4.45. The number of amides is 1. The SMILES string of the molecule is C[C@@H]1CN([C@H](C)CNC(=O)c2ccc(I)cc2)C[C@@H](C)O1. The zero-order valence-electron chi connectivity index (χ0n) is 12.8. The van der Waals surface area contributed by atoms with E-state index in [4.69, 9.17) is 4.74 Å². The van der Waals surface area contributed by atoms with Gasteiger partial charge in [0, 0.05) is 34.8 Å². The summed E-state index contributed by atoms with van der Waals surface area (Å²) in [6.07, 6.45) is 0.506. The number of hydrogen-bond acceptors (Lipinski definition) is 3. The number of ether oxygens (including phenoxy) is 1. The van der Waals surface area contributed by atoms with Crippen LogP contribution in [0.3, 0.4) is 0 Å². The first-order valence-electron chi connectivity index (χ1n) is 7.39. The number of nitrogens with zero attached hydrogens (tertiary/aromatic N) is 1. The normalized spacial score (nSPS) is 24.6. The van der Waals surface area contributed by atoms with E-state index >= 15 is 0 Å². The predicted molar refractivity (Wildman–Crippen MR) is 92.5 cm³/mol. The molecule has 0 bridgehead atoms. The molecule has 0 radical (unpaired) electrons. The van der Waals surface area contributed by atoms with Crippen LogP contribution < -0.4 is 5.32 Å². The Morgan fingerprint density at radius 3 is 2.48 bits per heavy atom. The Morgan fingerprint density at radius 1 is 1.33 bits per heavy atom. The molecule has 0 spiro atoms. The first kappa shape index (κ1) is 16.7. The average molecular weight is 402 g/mol. The van der Waals surface area contributed by atoms with Crippen LogP contribution in [-0.4, -0.2) is 48.7 Å². The molecule has 2 rings (SSSR count). The second-order valence-electron chi connectivity index (χ2n) is 5.78. The molecule has 1 heterocycles. The van der Waals surface area contributed by atoms with E-state index in [1.807, 2.05) is 24.3 Å². The van der Waals surface area contributed by atoms with Gasteiger partial charge in [-0.05, 0) is 67.6 Å². The third kappa shape index (κ3) is 4.93. The van der Waals surface area contributed by atoms with Crippen molar-refractivity contribution in [3.05, 3.63) is 33.4 Å².